The van der Waals surface area contributed by atoms with Crippen LogP contribution >= 0.6 is 0 Å². The van der Waals surface area contributed by atoms with Crippen LogP contribution in [0.5, 0.6) is 5.75 Å². The van der Waals surface area contributed by atoms with E-state index in [1.54, 1.807) is 0 Å². The van der Waals surface area contributed by atoms with Crippen LogP contribution in [-0.2, 0) is 4.79 Å². The van der Waals surface area contributed by atoms with Crippen LogP contribution in [0.15, 0.2) is 24.3 Å². The molecule has 1 heterocycles. The molecule has 1 aromatic carbocycles. The van der Waals surface area contributed by atoms with Crippen LogP contribution in [-0.4, -0.2) is 32.7 Å². The van der Waals surface area contributed by atoms with E-state index in [-0.39, 0.29) is 11.8 Å². The van der Waals surface area contributed by atoms with Gasteiger partial charge in [0.2, 0.25) is 5.91 Å². The lowest BCUT2D eigenvalue weighted by molar-refractivity contribution is -0.122. The van der Waals surface area contributed by atoms with Gasteiger partial charge in [-0.1, -0.05) is 19.1 Å². The first-order valence-electron chi connectivity index (χ1n) is 5.92. The minimum atomic E-state index is -0.0221. The molecule has 0 fully saturated rings. The number of para-hydroxylation sites is 2. The molecule has 0 aromatic heterocycles. The van der Waals surface area contributed by atoms with Gasteiger partial charge in [0.05, 0.1) is 12.2 Å². The lowest BCUT2D eigenvalue weighted by Gasteiger charge is -2.31. The quantitative estimate of drug-likeness (QED) is 0.856. The van der Waals surface area contributed by atoms with Crippen LogP contribution in [0.25, 0.3) is 0 Å². The van der Waals surface area contributed by atoms with E-state index in [0.717, 1.165) is 11.4 Å². The molecular formula is C13H18N2O2. The third-order valence-electron chi connectivity index (χ3n) is 2.93. The SMILES string of the molecule is CNCC(C)C(=O)N1CCOc2ccccc21. The number of carbonyl (C=O) groups is 1. The van der Waals surface area contributed by atoms with Gasteiger partial charge in [0, 0.05) is 12.5 Å². The van der Waals surface area contributed by atoms with Crippen molar-refractivity contribution in [3.05, 3.63) is 24.3 Å². The maximum absolute atomic E-state index is 12.3. The highest BCUT2D eigenvalue weighted by atomic mass is 16.5. The van der Waals surface area contributed by atoms with E-state index >= 15 is 0 Å². The molecule has 1 amide bonds. The van der Waals surface area contributed by atoms with Crippen LogP contribution in [0, 0.1) is 5.92 Å². The molecule has 1 aliphatic heterocycles. The normalized spacial score (nSPS) is 16.0. The molecule has 1 N–H and O–H groups in total. The van der Waals surface area contributed by atoms with Gasteiger partial charge >= 0.3 is 0 Å². The highest BCUT2D eigenvalue weighted by Gasteiger charge is 2.26. The fraction of sp³-hybridized carbons (Fsp3) is 0.462. The number of amides is 1. The Hall–Kier alpha value is -1.55. The van der Waals surface area contributed by atoms with Crippen molar-refractivity contribution in [1.82, 2.24) is 5.32 Å². The number of hydrogen-bond donors (Lipinski definition) is 1. The van der Waals surface area contributed by atoms with Crippen molar-refractivity contribution in [1.29, 1.82) is 0 Å². The Bertz CT molecular complexity index is 406. The molecule has 0 aliphatic carbocycles. The van der Waals surface area contributed by atoms with Gasteiger partial charge in [-0.2, -0.15) is 0 Å². The van der Waals surface area contributed by atoms with Gasteiger partial charge in [-0.25, -0.2) is 0 Å². The van der Waals surface area contributed by atoms with Gasteiger partial charge in [-0.05, 0) is 19.2 Å². The van der Waals surface area contributed by atoms with Crippen molar-refractivity contribution in [3.8, 4) is 5.75 Å². The molecule has 0 bridgehead atoms. The molecule has 0 saturated heterocycles. The van der Waals surface area contributed by atoms with E-state index in [2.05, 4.69) is 5.32 Å². The Kier molecular flexibility index (Phi) is 3.64. The lowest BCUT2D eigenvalue weighted by Crippen LogP contribution is -2.43. The summed E-state index contributed by atoms with van der Waals surface area (Å²) in [5.74, 6) is 0.921. The van der Waals surface area contributed by atoms with Crippen molar-refractivity contribution in [2.75, 3.05) is 31.6 Å². The predicted molar refractivity (Wildman–Crippen MR) is 67.4 cm³/mol. The van der Waals surface area contributed by atoms with Gasteiger partial charge in [-0.3, -0.25) is 4.79 Å². The second-order valence-electron chi connectivity index (χ2n) is 4.26. The van der Waals surface area contributed by atoms with Crippen LogP contribution in [0.2, 0.25) is 0 Å². The average molecular weight is 234 g/mol. The van der Waals surface area contributed by atoms with Crippen molar-refractivity contribution >= 4 is 11.6 Å². The summed E-state index contributed by atoms with van der Waals surface area (Å²) in [7, 11) is 1.86. The summed E-state index contributed by atoms with van der Waals surface area (Å²) < 4.78 is 5.53. The fourth-order valence-electron chi connectivity index (χ4n) is 2.06. The topological polar surface area (TPSA) is 41.6 Å². The smallest absolute Gasteiger partial charge is 0.231 e. The zero-order valence-electron chi connectivity index (χ0n) is 10.3. The summed E-state index contributed by atoms with van der Waals surface area (Å²) in [5.41, 5.74) is 0.881. The zero-order valence-corrected chi connectivity index (χ0v) is 10.3. The molecule has 1 unspecified atom stereocenters. The number of fused-ring (bicyclic) bond motifs is 1. The van der Waals surface area contributed by atoms with E-state index in [1.807, 2.05) is 43.1 Å². The highest BCUT2D eigenvalue weighted by molar-refractivity contribution is 5.96. The standard InChI is InChI=1S/C13H18N2O2/c1-10(9-14-2)13(16)15-7-8-17-12-6-4-3-5-11(12)15/h3-6,10,14H,7-9H2,1-2H3. The average Bonchev–Trinajstić information content (AvgIpc) is 2.37. The fourth-order valence-corrected chi connectivity index (χ4v) is 2.06. The third kappa shape index (κ3) is 2.42. The molecule has 17 heavy (non-hydrogen) atoms. The Labute approximate surface area is 102 Å². The highest BCUT2D eigenvalue weighted by Crippen LogP contribution is 2.31. The van der Waals surface area contributed by atoms with Gasteiger partial charge in [0.1, 0.15) is 12.4 Å². The number of anilines is 1. The third-order valence-corrected chi connectivity index (χ3v) is 2.93. The van der Waals surface area contributed by atoms with Gasteiger partial charge in [0.25, 0.3) is 0 Å². The summed E-state index contributed by atoms with van der Waals surface area (Å²) in [5, 5.41) is 3.03. The van der Waals surface area contributed by atoms with Gasteiger partial charge in [0.15, 0.2) is 0 Å². The number of nitrogens with one attached hydrogen (secondary N) is 1. The predicted octanol–water partition coefficient (Wildman–Crippen LogP) is 1.27. The van der Waals surface area contributed by atoms with Crippen LogP contribution in [0.1, 0.15) is 6.92 Å². The Morgan fingerprint density at radius 3 is 3.06 bits per heavy atom. The molecule has 4 heteroatoms. The van der Waals surface area contributed by atoms with Gasteiger partial charge < -0.3 is 15.0 Å². The van der Waals surface area contributed by atoms with Crippen molar-refractivity contribution in [2.45, 2.75) is 6.92 Å². The number of hydrogen-bond acceptors (Lipinski definition) is 3. The number of nitrogens with zero attached hydrogens (tertiary/aromatic N) is 1. The molecule has 0 spiro atoms. The summed E-state index contributed by atoms with van der Waals surface area (Å²) in [6.07, 6.45) is 0. The van der Waals surface area contributed by atoms with E-state index in [1.165, 1.54) is 0 Å². The first-order valence-corrected chi connectivity index (χ1v) is 5.92. The van der Waals surface area contributed by atoms with Gasteiger partial charge in [-0.15, -0.1) is 0 Å². The second kappa shape index (κ2) is 5.19. The van der Waals surface area contributed by atoms with Crippen molar-refractivity contribution in [2.24, 2.45) is 5.92 Å². The second-order valence-corrected chi connectivity index (χ2v) is 4.26. The monoisotopic (exact) mass is 234 g/mol. The van der Waals surface area contributed by atoms with E-state index in [9.17, 15) is 4.79 Å². The zero-order chi connectivity index (χ0) is 12.3. The molecule has 1 aliphatic rings. The molecule has 92 valence electrons. The molecule has 1 aromatic rings. The van der Waals surface area contributed by atoms with Crippen LogP contribution in [0.4, 0.5) is 5.69 Å². The molecule has 2 rings (SSSR count). The largest absolute Gasteiger partial charge is 0.490 e. The molecule has 0 saturated carbocycles. The van der Waals surface area contributed by atoms with E-state index in [0.29, 0.717) is 19.7 Å². The summed E-state index contributed by atoms with van der Waals surface area (Å²) >= 11 is 0. The number of rotatable bonds is 3. The first-order chi connectivity index (χ1) is 8.24. The van der Waals surface area contributed by atoms with Crippen molar-refractivity contribution in [3.63, 3.8) is 0 Å². The van der Waals surface area contributed by atoms with Crippen LogP contribution < -0.4 is 15.0 Å². The molecule has 1 atom stereocenters. The van der Waals surface area contributed by atoms with Crippen LogP contribution in [0.3, 0.4) is 0 Å². The maximum atomic E-state index is 12.3. The molecular weight excluding hydrogens is 216 g/mol. The first kappa shape index (κ1) is 11.9. The molecule has 4 nitrogen and oxygen atoms in total. The minimum absolute atomic E-state index is 0.0221. The van der Waals surface area contributed by atoms with E-state index < -0.39 is 0 Å². The maximum Gasteiger partial charge on any atom is 0.231 e. The lowest BCUT2D eigenvalue weighted by atomic mass is 10.1. The van der Waals surface area contributed by atoms with Crippen molar-refractivity contribution < 1.29 is 9.53 Å². The Morgan fingerprint density at radius 1 is 1.53 bits per heavy atom. The number of benzene rings is 1. The minimum Gasteiger partial charge on any atom is -0.490 e. The number of ether oxygens (including phenoxy) is 1. The summed E-state index contributed by atoms with van der Waals surface area (Å²) in [6.45, 7) is 3.83. The summed E-state index contributed by atoms with van der Waals surface area (Å²) in [4.78, 5) is 14.1. The number of carbonyl (C=O) groups excluding carboxylic acids is 1. The molecule has 0 radical (unpaired) electrons. The van der Waals surface area contributed by atoms with E-state index in [4.69, 9.17) is 4.74 Å². The Balaban J connectivity index is 2.20. The summed E-state index contributed by atoms with van der Waals surface area (Å²) in [6, 6.07) is 7.68. The Morgan fingerprint density at radius 2 is 2.29 bits per heavy atom.